The molecule has 7 nitrogen and oxygen atoms in total. The van der Waals surface area contributed by atoms with Crippen LogP contribution in [0.5, 0.6) is 0 Å². The normalized spacial score (nSPS) is 11.1. The van der Waals surface area contributed by atoms with Crippen LogP contribution in [0.25, 0.3) is 0 Å². The molecule has 0 fully saturated rings. The summed E-state index contributed by atoms with van der Waals surface area (Å²) in [6, 6.07) is 13.2. The lowest BCUT2D eigenvalue weighted by molar-refractivity contribution is 0.234. The van der Waals surface area contributed by atoms with Gasteiger partial charge >= 0.3 is 0 Å². The first-order chi connectivity index (χ1) is 13.1. The number of anilines is 2. The Labute approximate surface area is 163 Å². The molecule has 0 spiro atoms. The quantitative estimate of drug-likeness (QED) is 0.222. The summed E-state index contributed by atoms with van der Waals surface area (Å²) < 4.78 is 18.2. The number of aromatic nitrogens is 1. The number of nitrogens with zero attached hydrogens (tertiary/aromatic N) is 2. The van der Waals surface area contributed by atoms with E-state index in [2.05, 4.69) is 20.8 Å². The van der Waals surface area contributed by atoms with Gasteiger partial charge in [0.25, 0.3) is 0 Å². The number of thiocarbonyl (C=S) groups is 1. The van der Waals surface area contributed by atoms with Crippen molar-refractivity contribution in [2.75, 3.05) is 10.6 Å². The third-order valence-electron chi connectivity index (χ3n) is 3.32. The third-order valence-corrected chi connectivity index (χ3v) is 3.82. The maximum atomic E-state index is 13.3. The molecule has 0 atom stereocenters. The summed E-state index contributed by atoms with van der Waals surface area (Å²) in [5.41, 5.74) is 3.56. The Morgan fingerprint density at radius 1 is 1.19 bits per heavy atom. The SMILES string of the molecule is ONC(=Nc1ccc(F)c(Cl)c1)c1nocc1NC(=S)Nc1ccccc1. The summed E-state index contributed by atoms with van der Waals surface area (Å²) in [4.78, 5) is 4.15. The number of hydrogen-bond donors (Lipinski definition) is 4. The number of hydroxylamine groups is 1. The van der Waals surface area contributed by atoms with E-state index in [1.165, 1.54) is 18.4 Å². The van der Waals surface area contributed by atoms with Gasteiger partial charge in [-0.25, -0.2) is 9.38 Å². The largest absolute Gasteiger partial charge is 0.362 e. The molecule has 0 bridgehead atoms. The van der Waals surface area contributed by atoms with Gasteiger partial charge in [0, 0.05) is 5.69 Å². The minimum atomic E-state index is -0.574. The first-order valence-corrected chi connectivity index (χ1v) is 8.37. The number of benzene rings is 2. The van der Waals surface area contributed by atoms with Crippen molar-refractivity contribution in [1.29, 1.82) is 0 Å². The van der Waals surface area contributed by atoms with Crippen LogP contribution >= 0.6 is 23.8 Å². The van der Waals surface area contributed by atoms with Crippen LogP contribution in [0.15, 0.2) is 64.3 Å². The van der Waals surface area contributed by atoms with Crippen LogP contribution in [0.1, 0.15) is 5.69 Å². The Morgan fingerprint density at radius 2 is 1.96 bits per heavy atom. The molecule has 2 aromatic carbocycles. The number of amidine groups is 1. The first kappa shape index (κ1) is 18.8. The van der Waals surface area contributed by atoms with Gasteiger partial charge in [-0.2, -0.15) is 0 Å². The van der Waals surface area contributed by atoms with Gasteiger partial charge in [-0.1, -0.05) is 35.0 Å². The van der Waals surface area contributed by atoms with Crippen LogP contribution in [0.2, 0.25) is 5.02 Å². The minimum absolute atomic E-state index is 0.0450. The number of hydrogen-bond acceptors (Lipinski definition) is 5. The van der Waals surface area contributed by atoms with Crippen LogP contribution in [0.3, 0.4) is 0 Å². The molecule has 27 heavy (non-hydrogen) atoms. The smallest absolute Gasteiger partial charge is 0.182 e. The van der Waals surface area contributed by atoms with E-state index >= 15 is 0 Å². The molecule has 1 aromatic heterocycles. The number of aliphatic imine (C=N–C) groups is 1. The molecule has 0 saturated heterocycles. The van der Waals surface area contributed by atoms with Crippen molar-refractivity contribution in [2.24, 2.45) is 4.99 Å². The molecule has 0 aliphatic heterocycles. The molecule has 0 amide bonds. The number of halogens is 2. The zero-order valence-electron chi connectivity index (χ0n) is 13.6. The molecule has 1 heterocycles. The fourth-order valence-electron chi connectivity index (χ4n) is 2.12. The maximum absolute atomic E-state index is 13.3. The molecule has 0 saturated carbocycles. The van der Waals surface area contributed by atoms with Gasteiger partial charge in [-0.15, -0.1) is 0 Å². The van der Waals surface area contributed by atoms with E-state index in [0.29, 0.717) is 11.4 Å². The molecule has 0 aliphatic rings. The van der Waals surface area contributed by atoms with Crippen molar-refractivity contribution in [2.45, 2.75) is 0 Å². The van der Waals surface area contributed by atoms with Gasteiger partial charge < -0.3 is 15.2 Å². The highest BCUT2D eigenvalue weighted by Gasteiger charge is 2.16. The zero-order chi connectivity index (χ0) is 19.2. The lowest BCUT2D eigenvalue weighted by Crippen LogP contribution is -2.24. The third kappa shape index (κ3) is 4.79. The Kier molecular flexibility index (Phi) is 5.97. The summed E-state index contributed by atoms with van der Waals surface area (Å²) in [5.74, 6) is -0.619. The van der Waals surface area contributed by atoms with Crippen LogP contribution in [0.4, 0.5) is 21.5 Å². The van der Waals surface area contributed by atoms with Crippen LogP contribution < -0.4 is 16.1 Å². The molecule has 3 aromatic rings. The monoisotopic (exact) mass is 405 g/mol. The van der Waals surface area contributed by atoms with Gasteiger partial charge in [-0.3, -0.25) is 10.7 Å². The highest BCUT2D eigenvalue weighted by molar-refractivity contribution is 7.80. The highest BCUT2D eigenvalue weighted by atomic mass is 35.5. The van der Waals surface area contributed by atoms with Crippen molar-refractivity contribution in [3.05, 3.63) is 71.3 Å². The van der Waals surface area contributed by atoms with E-state index in [9.17, 15) is 9.60 Å². The van der Waals surface area contributed by atoms with Crippen LogP contribution in [-0.2, 0) is 0 Å². The predicted molar refractivity (Wildman–Crippen MR) is 105 cm³/mol. The average molecular weight is 406 g/mol. The van der Waals surface area contributed by atoms with Gasteiger partial charge in [0.05, 0.1) is 10.7 Å². The van der Waals surface area contributed by atoms with E-state index in [0.717, 1.165) is 11.8 Å². The minimum Gasteiger partial charge on any atom is -0.362 e. The summed E-state index contributed by atoms with van der Waals surface area (Å²) in [7, 11) is 0. The van der Waals surface area contributed by atoms with Gasteiger partial charge in [0.15, 0.2) is 16.6 Å². The molecule has 138 valence electrons. The zero-order valence-corrected chi connectivity index (χ0v) is 15.2. The Bertz CT molecular complexity index is 980. The number of para-hydroxylation sites is 1. The van der Waals surface area contributed by atoms with Crippen molar-refractivity contribution < 1.29 is 14.1 Å². The molecule has 0 unspecified atom stereocenters. The van der Waals surface area contributed by atoms with E-state index in [1.54, 1.807) is 0 Å². The van der Waals surface area contributed by atoms with E-state index in [4.69, 9.17) is 28.3 Å². The summed E-state index contributed by atoms with van der Waals surface area (Å²) in [5, 5.41) is 19.3. The lowest BCUT2D eigenvalue weighted by atomic mass is 10.3. The highest BCUT2D eigenvalue weighted by Crippen LogP contribution is 2.23. The van der Waals surface area contributed by atoms with E-state index < -0.39 is 5.82 Å². The molecule has 10 heteroatoms. The second-order valence-corrected chi connectivity index (χ2v) is 6.01. The van der Waals surface area contributed by atoms with Gasteiger partial charge in [0.1, 0.15) is 17.8 Å². The van der Waals surface area contributed by atoms with E-state index in [-0.39, 0.29) is 21.7 Å². The molecule has 0 radical (unpaired) electrons. The Hall–Kier alpha value is -3.01. The van der Waals surface area contributed by atoms with Crippen LogP contribution in [-0.4, -0.2) is 21.3 Å². The average Bonchev–Trinajstić information content (AvgIpc) is 3.11. The maximum Gasteiger partial charge on any atom is 0.182 e. The van der Waals surface area contributed by atoms with Crippen molar-refractivity contribution in [1.82, 2.24) is 10.6 Å². The summed E-state index contributed by atoms with van der Waals surface area (Å²) in [6.07, 6.45) is 1.30. The molecule has 3 rings (SSSR count). The van der Waals surface area contributed by atoms with Crippen molar-refractivity contribution >= 4 is 51.8 Å². The second-order valence-electron chi connectivity index (χ2n) is 5.19. The Balaban J connectivity index is 1.80. The lowest BCUT2D eigenvalue weighted by Gasteiger charge is -2.10. The molecular formula is C17H13ClFN5O2S. The molecular weight excluding hydrogens is 393 g/mol. The van der Waals surface area contributed by atoms with Crippen molar-refractivity contribution in [3.8, 4) is 0 Å². The standard InChI is InChI=1S/C17H13ClFN5O2S/c18-12-8-11(6-7-13(12)19)20-16(23-25)15-14(9-26-24-15)22-17(27)21-10-4-2-1-3-5-10/h1-9,25H,(H,20,23)(H2,21,22,27). The topological polar surface area (TPSA) is 94.7 Å². The molecule has 4 N–H and O–H groups in total. The summed E-state index contributed by atoms with van der Waals surface area (Å²) in [6.45, 7) is 0. The van der Waals surface area contributed by atoms with Crippen LogP contribution in [0, 0.1) is 5.82 Å². The van der Waals surface area contributed by atoms with Gasteiger partial charge in [-0.05, 0) is 42.5 Å². The molecule has 0 aliphatic carbocycles. The van der Waals surface area contributed by atoms with E-state index in [1.807, 2.05) is 35.8 Å². The number of rotatable bonds is 4. The second kappa shape index (κ2) is 8.58. The van der Waals surface area contributed by atoms with Gasteiger partial charge in [0.2, 0.25) is 0 Å². The first-order valence-electron chi connectivity index (χ1n) is 7.58. The fourth-order valence-corrected chi connectivity index (χ4v) is 2.52. The number of nitrogens with one attached hydrogen (secondary N) is 3. The Morgan fingerprint density at radius 3 is 2.67 bits per heavy atom. The fraction of sp³-hybridized carbons (Fsp3) is 0. The summed E-state index contributed by atoms with van der Waals surface area (Å²) >= 11 is 11.0. The van der Waals surface area contributed by atoms with Crippen molar-refractivity contribution in [3.63, 3.8) is 0 Å². The predicted octanol–water partition coefficient (Wildman–Crippen LogP) is 4.33.